The molecule has 1 aromatic carbocycles. The minimum Gasteiger partial charge on any atom is -0.481 e. The third kappa shape index (κ3) is 1.51. The second-order valence-electron chi connectivity index (χ2n) is 3.96. The Labute approximate surface area is 86.7 Å². The monoisotopic (exact) mass is 209 g/mol. The molecule has 0 amide bonds. The first-order chi connectivity index (χ1) is 7.08. The van der Waals surface area contributed by atoms with E-state index in [-0.39, 0.29) is 5.56 Å². The number of benzene rings is 1. The van der Waals surface area contributed by atoms with Crippen LogP contribution in [0.5, 0.6) is 0 Å². The van der Waals surface area contributed by atoms with Crippen molar-refractivity contribution in [1.29, 1.82) is 0 Å². The Hall–Kier alpha value is -1.42. The van der Waals surface area contributed by atoms with Crippen LogP contribution in [0.1, 0.15) is 24.4 Å². The molecule has 1 aliphatic carbocycles. The largest absolute Gasteiger partial charge is 0.481 e. The van der Waals surface area contributed by atoms with E-state index in [9.17, 15) is 9.18 Å². The van der Waals surface area contributed by atoms with Gasteiger partial charge in [0.25, 0.3) is 0 Å². The van der Waals surface area contributed by atoms with Gasteiger partial charge in [0.1, 0.15) is 5.82 Å². The van der Waals surface area contributed by atoms with Gasteiger partial charge in [-0.25, -0.2) is 4.39 Å². The first-order valence-electron chi connectivity index (χ1n) is 4.81. The summed E-state index contributed by atoms with van der Waals surface area (Å²) in [6.45, 7) is 0. The molecule has 80 valence electrons. The topological polar surface area (TPSA) is 63.3 Å². The van der Waals surface area contributed by atoms with Crippen molar-refractivity contribution in [1.82, 2.24) is 0 Å². The zero-order valence-corrected chi connectivity index (χ0v) is 8.11. The minimum atomic E-state index is -0.942. The van der Waals surface area contributed by atoms with Gasteiger partial charge in [0.15, 0.2) is 0 Å². The number of aliphatic carboxylic acids is 1. The molecule has 0 bridgehead atoms. The van der Waals surface area contributed by atoms with E-state index < -0.39 is 23.2 Å². The molecule has 0 aliphatic heterocycles. The van der Waals surface area contributed by atoms with E-state index in [1.165, 1.54) is 6.07 Å². The van der Waals surface area contributed by atoms with Gasteiger partial charge in [0, 0.05) is 11.6 Å². The number of carboxylic acids is 1. The van der Waals surface area contributed by atoms with E-state index in [0.717, 1.165) is 0 Å². The maximum Gasteiger partial charge on any atom is 0.311 e. The summed E-state index contributed by atoms with van der Waals surface area (Å²) in [5.41, 5.74) is 5.16. The van der Waals surface area contributed by atoms with Gasteiger partial charge < -0.3 is 10.8 Å². The van der Waals surface area contributed by atoms with Crippen molar-refractivity contribution in [3.63, 3.8) is 0 Å². The summed E-state index contributed by atoms with van der Waals surface area (Å²) in [5, 5.41) is 9.02. The van der Waals surface area contributed by atoms with Crippen LogP contribution in [0.4, 0.5) is 4.39 Å². The number of carbonyl (C=O) groups is 1. The Morgan fingerprint density at radius 1 is 1.47 bits per heavy atom. The van der Waals surface area contributed by atoms with Crippen molar-refractivity contribution >= 4 is 5.97 Å². The van der Waals surface area contributed by atoms with Crippen LogP contribution in [0.2, 0.25) is 0 Å². The summed E-state index contributed by atoms with van der Waals surface area (Å²) >= 11 is 0. The number of hydrogen-bond donors (Lipinski definition) is 2. The lowest BCUT2D eigenvalue weighted by Crippen LogP contribution is -2.30. The smallest absolute Gasteiger partial charge is 0.311 e. The van der Waals surface area contributed by atoms with Crippen molar-refractivity contribution in [2.24, 2.45) is 11.1 Å². The van der Waals surface area contributed by atoms with Crippen LogP contribution in [-0.2, 0) is 4.79 Å². The number of rotatable bonds is 3. The molecule has 1 atom stereocenters. The van der Waals surface area contributed by atoms with Crippen molar-refractivity contribution in [2.75, 3.05) is 0 Å². The lowest BCUT2D eigenvalue weighted by molar-refractivity contribution is -0.144. The zero-order chi connectivity index (χ0) is 11.1. The van der Waals surface area contributed by atoms with E-state index in [2.05, 4.69) is 0 Å². The molecule has 4 heteroatoms. The average Bonchev–Trinajstić information content (AvgIpc) is 2.98. The first-order valence-corrected chi connectivity index (χ1v) is 4.81. The predicted molar refractivity (Wildman–Crippen MR) is 52.6 cm³/mol. The van der Waals surface area contributed by atoms with E-state index in [0.29, 0.717) is 12.8 Å². The number of nitrogens with two attached hydrogens (primary N) is 1. The fourth-order valence-electron chi connectivity index (χ4n) is 1.82. The molecule has 2 rings (SSSR count). The molecular weight excluding hydrogens is 197 g/mol. The molecule has 0 spiro atoms. The van der Waals surface area contributed by atoms with Gasteiger partial charge in [0.05, 0.1) is 5.41 Å². The van der Waals surface area contributed by atoms with E-state index in [4.69, 9.17) is 10.8 Å². The molecule has 1 saturated carbocycles. The van der Waals surface area contributed by atoms with E-state index in [1.807, 2.05) is 0 Å². The fourth-order valence-corrected chi connectivity index (χ4v) is 1.82. The summed E-state index contributed by atoms with van der Waals surface area (Å²) in [4.78, 5) is 11.0. The van der Waals surface area contributed by atoms with Gasteiger partial charge in [-0.2, -0.15) is 0 Å². The molecule has 0 saturated heterocycles. The number of carboxylic acid groups (broad SMARTS) is 1. The Morgan fingerprint density at radius 2 is 2.07 bits per heavy atom. The van der Waals surface area contributed by atoms with Crippen molar-refractivity contribution in [2.45, 2.75) is 18.9 Å². The molecule has 1 unspecified atom stereocenters. The average molecular weight is 209 g/mol. The number of hydrogen-bond acceptors (Lipinski definition) is 2. The lowest BCUT2D eigenvalue weighted by Gasteiger charge is -2.19. The van der Waals surface area contributed by atoms with Gasteiger partial charge >= 0.3 is 5.97 Å². The third-order valence-electron chi connectivity index (χ3n) is 3.05. The summed E-state index contributed by atoms with van der Waals surface area (Å²) in [7, 11) is 0. The van der Waals surface area contributed by atoms with E-state index in [1.54, 1.807) is 18.2 Å². The maximum atomic E-state index is 13.4. The maximum absolute atomic E-state index is 13.4. The lowest BCUT2D eigenvalue weighted by atomic mass is 9.90. The second-order valence-corrected chi connectivity index (χ2v) is 3.96. The zero-order valence-electron chi connectivity index (χ0n) is 8.11. The van der Waals surface area contributed by atoms with Crippen molar-refractivity contribution in [3.8, 4) is 0 Å². The van der Waals surface area contributed by atoms with Gasteiger partial charge in [-0.3, -0.25) is 4.79 Å². The normalized spacial score (nSPS) is 19.6. The predicted octanol–water partition coefficient (Wildman–Crippen LogP) is 1.69. The highest BCUT2D eigenvalue weighted by atomic mass is 19.1. The molecule has 3 N–H and O–H groups in total. The first kappa shape index (κ1) is 10.1. The summed E-state index contributed by atoms with van der Waals surface area (Å²) in [6.07, 6.45) is 1.05. The Morgan fingerprint density at radius 3 is 2.53 bits per heavy atom. The summed E-state index contributed by atoms with van der Waals surface area (Å²) < 4.78 is 13.4. The highest BCUT2D eigenvalue weighted by molar-refractivity contribution is 5.79. The van der Waals surface area contributed by atoms with Gasteiger partial charge in [-0.05, 0) is 18.9 Å². The fraction of sp³-hybridized carbons (Fsp3) is 0.364. The molecule has 15 heavy (non-hydrogen) atoms. The molecule has 3 nitrogen and oxygen atoms in total. The second kappa shape index (κ2) is 3.31. The highest BCUT2D eigenvalue weighted by Crippen LogP contribution is 2.54. The van der Waals surface area contributed by atoms with Gasteiger partial charge in [0.2, 0.25) is 0 Å². The van der Waals surface area contributed by atoms with Crippen LogP contribution in [-0.4, -0.2) is 11.1 Å². The molecule has 1 fully saturated rings. The number of halogens is 1. The SMILES string of the molecule is NC(c1ccccc1F)C1(C(=O)O)CC1. The summed E-state index contributed by atoms with van der Waals surface area (Å²) in [6, 6.07) is 5.31. The molecule has 0 aromatic heterocycles. The van der Waals surface area contributed by atoms with Crippen molar-refractivity contribution < 1.29 is 14.3 Å². The Bertz CT molecular complexity index is 401. The quantitative estimate of drug-likeness (QED) is 0.796. The molecule has 1 aliphatic rings. The molecular formula is C11H12FNO2. The Balaban J connectivity index is 2.33. The third-order valence-corrected chi connectivity index (χ3v) is 3.05. The minimum absolute atomic E-state index is 0.289. The van der Waals surface area contributed by atoms with Crippen LogP contribution in [0.3, 0.4) is 0 Å². The molecule has 1 aromatic rings. The van der Waals surface area contributed by atoms with Crippen LogP contribution in [0.15, 0.2) is 24.3 Å². The van der Waals surface area contributed by atoms with Crippen molar-refractivity contribution in [3.05, 3.63) is 35.6 Å². The van der Waals surface area contributed by atoms with E-state index >= 15 is 0 Å². The Kier molecular flexibility index (Phi) is 2.23. The highest BCUT2D eigenvalue weighted by Gasteiger charge is 2.55. The van der Waals surface area contributed by atoms with Crippen LogP contribution < -0.4 is 5.73 Å². The van der Waals surface area contributed by atoms with Crippen LogP contribution in [0, 0.1) is 11.2 Å². The molecule has 0 radical (unpaired) electrons. The molecule has 0 heterocycles. The standard InChI is InChI=1S/C11H12FNO2/c12-8-4-2-1-3-7(8)9(13)11(5-6-11)10(14)15/h1-4,9H,5-6,13H2,(H,14,15). The van der Waals surface area contributed by atoms with Gasteiger partial charge in [-0.1, -0.05) is 18.2 Å². The van der Waals surface area contributed by atoms with Crippen LogP contribution in [0.25, 0.3) is 0 Å². The summed E-state index contributed by atoms with van der Waals surface area (Å²) in [5.74, 6) is -1.37. The van der Waals surface area contributed by atoms with Crippen LogP contribution >= 0.6 is 0 Å². The van der Waals surface area contributed by atoms with Gasteiger partial charge in [-0.15, -0.1) is 0 Å².